The zero-order valence-corrected chi connectivity index (χ0v) is 15.4. The highest BCUT2D eigenvalue weighted by atomic mass is 35.5. The second-order valence-electron chi connectivity index (χ2n) is 6.22. The SMILES string of the molecule is CC1(C)N=C(c2ccc(F)cc2)c2c(Cl)cc(NS(C)(=O)=O)cc2O1. The van der Waals surface area contributed by atoms with Gasteiger partial charge in [-0.05, 0) is 44.2 Å². The van der Waals surface area contributed by atoms with Gasteiger partial charge in [0.1, 0.15) is 11.6 Å². The van der Waals surface area contributed by atoms with Crippen LogP contribution in [0.5, 0.6) is 5.75 Å². The number of ether oxygens (including phenoxy) is 1. The Hall–Kier alpha value is -2.12. The van der Waals surface area contributed by atoms with Crippen LogP contribution in [0.25, 0.3) is 0 Å². The van der Waals surface area contributed by atoms with Gasteiger partial charge in [-0.3, -0.25) is 4.72 Å². The van der Waals surface area contributed by atoms with Crippen LogP contribution in [0.2, 0.25) is 5.02 Å². The lowest BCUT2D eigenvalue weighted by Gasteiger charge is -2.31. The summed E-state index contributed by atoms with van der Waals surface area (Å²) in [7, 11) is -3.46. The van der Waals surface area contributed by atoms with Crippen LogP contribution in [-0.4, -0.2) is 26.1 Å². The molecule has 8 heteroatoms. The van der Waals surface area contributed by atoms with Gasteiger partial charge in [-0.2, -0.15) is 0 Å². The maximum atomic E-state index is 13.2. The first-order valence-electron chi connectivity index (χ1n) is 7.41. The molecule has 2 aromatic carbocycles. The molecule has 25 heavy (non-hydrogen) atoms. The summed E-state index contributed by atoms with van der Waals surface area (Å²) in [5.41, 5.74) is 1.19. The van der Waals surface area contributed by atoms with Crippen LogP contribution in [0, 0.1) is 5.82 Å². The van der Waals surface area contributed by atoms with Gasteiger partial charge in [0.25, 0.3) is 0 Å². The number of benzene rings is 2. The molecule has 5 nitrogen and oxygen atoms in total. The quantitative estimate of drug-likeness (QED) is 0.877. The summed E-state index contributed by atoms with van der Waals surface area (Å²) in [4.78, 5) is 4.57. The van der Waals surface area contributed by atoms with E-state index in [1.807, 2.05) is 0 Å². The van der Waals surface area contributed by atoms with Crippen molar-refractivity contribution in [3.05, 3.63) is 58.4 Å². The molecule has 0 bridgehead atoms. The Morgan fingerprint density at radius 3 is 2.44 bits per heavy atom. The first-order chi connectivity index (χ1) is 11.5. The second kappa shape index (κ2) is 6.00. The summed E-state index contributed by atoms with van der Waals surface area (Å²) < 4.78 is 44.4. The molecule has 132 valence electrons. The Labute approximate surface area is 150 Å². The predicted octanol–water partition coefficient (Wildman–Crippen LogP) is 3.82. The molecule has 0 radical (unpaired) electrons. The van der Waals surface area contributed by atoms with Gasteiger partial charge in [-0.25, -0.2) is 17.8 Å². The minimum absolute atomic E-state index is 0.280. The molecule has 0 amide bonds. The second-order valence-corrected chi connectivity index (χ2v) is 8.38. The fraction of sp³-hybridized carbons (Fsp3) is 0.235. The fourth-order valence-electron chi connectivity index (χ4n) is 2.60. The number of sulfonamides is 1. The van der Waals surface area contributed by atoms with E-state index in [0.717, 1.165) is 6.26 Å². The van der Waals surface area contributed by atoms with E-state index in [2.05, 4.69) is 9.71 Å². The number of hydrogen-bond acceptors (Lipinski definition) is 4. The lowest BCUT2D eigenvalue weighted by molar-refractivity contribution is 0.115. The van der Waals surface area contributed by atoms with E-state index in [9.17, 15) is 12.8 Å². The number of anilines is 1. The smallest absolute Gasteiger partial charge is 0.229 e. The monoisotopic (exact) mass is 382 g/mol. The molecule has 0 aromatic heterocycles. The van der Waals surface area contributed by atoms with Crippen LogP contribution in [-0.2, 0) is 10.0 Å². The number of nitrogens with zero attached hydrogens (tertiary/aromatic N) is 1. The highest BCUT2D eigenvalue weighted by Gasteiger charge is 2.31. The molecule has 1 aliphatic heterocycles. The topological polar surface area (TPSA) is 67.8 Å². The van der Waals surface area contributed by atoms with Gasteiger partial charge in [0.2, 0.25) is 10.0 Å². The Bertz CT molecular complexity index is 970. The molecule has 0 saturated heterocycles. The van der Waals surface area contributed by atoms with Gasteiger partial charge in [-0.1, -0.05) is 11.6 Å². The molecular formula is C17H16ClFN2O3S. The summed E-state index contributed by atoms with van der Waals surface area (Å²) in [5, 5.41) is 0.280. The highest BCUT2D eigenvalue weighted by Crippen LogP contribution is 2.39. The van der Waals surface area contributed by atoms with Crippen molar-refractivity contribution < 1.29 is 17.5 Å². The number of nitrogens with one attached hydrogen (secondary N) is 1. The minimum atomic E-state index is -3.46. The molecule has 1 aliphatic rings. The lowest BCUT2D eigenvalue weighted by Crippen LogP contribution is -2.32. The molecule has 0 saturated carbocycles. The van der Waals surface area contributed by atoms with Gasteiger partial charge in [0, 0.05) is 11.6 Å². The third-order valence-corrected chi connectivity index (χ3v) is 4.36. The van der Waals surface area contributed by atoms with Crippen molar-refractivity contribution >= 4 is 33.0 Å². The van der Waals surface area contributed by atoms with Crippen molar-refractivity contribution in [2.45, 2.75) is 19.6 Å². The molecule has 0 aliphatic carbocycles. The maximum absolute atomic E-state index is 13.2. The number of rotatable bonds is 3. The zero-order chi connectivity index (χ0) is 18.4. The van der Waals surface area contributed by atoms with Crippen LogP contribution in [0.1, 0.15) is 25.0 Å². The minimum Gasteiger partial charge on any atom is -0.466 e. The average molecular weight is 383 g/mol. The van der Waals surface area contributed by atoms with Crippen molar-refractivity contribution in [2.75, 3.05) is 11.0 Å². The van der Waals surface area contributed by atoms with Crippen molar-refractivity contribution in [3.8, 4) is 5.75 Å². The van der Waals surface area contributed by atoms with Crippen LogP contribution in [0.4, 0.5) is 10.1 Å². The highest BCUT2D eigenvalue weighted by molar-refractivity contribution is 7.92. The van der Waals surface area contributed by atoms with Crippen LogP contribution in [0.15, 0.2) is 41.4 Å². The summed E-state index contributed by atoms with van der Waals surface area (Å²) in [5.74, 6) is 0.0488. The Balaban J connectivity index is 2.17. The number of hydrogen-bond donors (Lipinski definition) is 1. The van der Waals surface area contributed by atoms with Gasteiger partial charge in [0.05, 0.1) is 28.2 Å². The van der Waals surface area contributed by atoms with E-state index >= 15 is 0 Å². The Morgan fingerprint density at radius 1 is 1.20 bits per heavy atom. The normalized spacial score (nSPS) is 15.8. The largest absolute Gasteiger partial charge is 0.466 e. The van der Waals surface area contributed by atoms with Gasteiger partial charge < -0.3 is 4.74 Å². The molecule has 0 fully saturated rings. The van der Waals surface area contributed by atoms with Crippen molar-refractivity contribution in [2.24, 2.45) is 4.99 Å². The Morgan fingerprint density at radius 2 is 1.84 bits per heavy atom. The summed E-state index contributed by atoms with van der Waals surface area (Å²) in [6.07, 6.45) is 1.05. The number of aliphatic imine (C=N–C) groups is 1. The zero-order valence-electron chi connectivity index (χ0n) is 13.8. The predicted molar refractivity (Wildman–Crippen MR) is 96.7 cm³/mol. The number of fused-ring (bicyclic) bond motifs is 1. The van der Waals surface area contributed by atoms with E-state index in [0.29, 0.717) is 28.3 Å². The number of halogens is 2. The van der Waals surface area contributed by atoms with Crippen LogP contribution in [0.3, 0.4) is 0 Å². The van der Waals surface area contributed by atoms with E-state index in [-0.39, 0.29) is 10.8 Å². The summed E-state index contributed by atoms with van der Waals surface area (Å²) in [6.45, 7) is 3.54. The van der Waals surface area contributed by atoms with Gasteiger partial charge in [0.15, 0.2) is 5.72 Å². The van der Waals surface area contributed by atoms with Gasteiger partial charge >= 0.3 is 0 Å². The standard InChI is InChI=1S/C17H16ClFN2O3S/c1-17(2)20-16(10-4-6-11(19)7-5-10)15-13(18)8-12(9-14(15)24-17)21-25(3,22)23/h4-9,21H,1-3H3. The lowest BCUT2D eigenvalue weighted by atomic mass is 9.98. The third-order valence-electron chi connectivity index (χ3n) is 3.45. The fourth-order valence-corrected chi connectivity index (χ4v) is 3.44. The van der Waals surface area contributed by atoms with Crippen LogP contribution >= 0.6 is 11.6 Å². The molecular weight excluding hydrogens is 367 g/mol. The van der Waals surface area contributed by atoms with Crippen molar-refractivity contribution in [1.29, 1.82) is 0 Å². The maximum Gasteiger partial charge on any atom is 0.229 e. The third kappa shape index (κ3) is 3.93. The van der Waals surface area contributed by atoms with E-state index in [4.69, 9.17) is 16.3 Å². The van der Waals surface area contributed by atoms with Crippen molar-refractivity contribution in [3.63, 3.8) is 0 Å². The molecule has 2 aromatic rings. The summed E-state index contributed by atoms with van der Waals surface area (Å²) in [6, 6.07) is 8.95. The van der Waals surface area contributed by atoms with Crippen molar-refractivity contribution in [1.82, 2.24) is 0 Å². The Kier molecular flexibility index (Phi) is 4.25. The summed E-state index contributed by atoms with van der Waals surface area (Å²) >= 11 is 6.38. The molecule has 0 unspecified atom stereocenters. The van der Waals surface area contributed by atoms with Crippen LogP contribution < -0.4 is 9.46 Å². The first kappa shape index (κ1) is 17.7. The molecule has 0 atom stereocenters. The van der Waals surface area contributed by atoms with E-state index in [1.54, 1.807) is 32.0 Å². The molecule has 1 heterocycles. The van der Waals surface area contributed by atoms with Gasteiger partial charge in [-0.15, -0.1) is 0 Å². The molecule has 0 spiro atoms. The molecule has 3 rings (SSSR count). The molecule has 1 N–H and O–H groups in total. The average Bonchev–Trinajstić information content (AvgIpc) is 2.43. The van der Waals surface area contributed by atoms with E-state index < -0.39 is 15.7 Å². The first-order valence-corrected chi connectivity index (χ1v) is 9.67. The van der Waals surface area contributed by atoms with E-state index in [1.165, 1.54) is 18.2 Å².